The molecule has 1 aliphatic carbocycles. The summed E-state index contributed by atoms with van der Waals surface area (Å²) in [5.74, 6) is 0.219. The van der Waals surface area contributed by atoms with Crippen LogP contribution in [0.5, 0.6) is 5.88 Å². The first-order chi connectivity index (χ1) is 10.5. The SMILES string of the molecule is NC(=O)C1CCC(Oc2nc(Cl)cc3ncc(Br)cc23)CC1. The fourth-order valence-corrected chi connectivity index (χ4v) is 3.26. The first-order valence-corrected chi connectivity index (χ1v) is 8.28. The zero-order valence-corrected chi connectivity index (χ0v) is 14.1. The molecule has 2 N–H and O–H groups in total. The number of nitrogens with two attached hydrogens (primary N) is 1. The van der Waals surface area contributed by atoms with Gasteiger partial charge in [0.2, 0.25) is 11.8 Å². The van der Waals surface area contributed by atoms with E-state index in [0.29, 0.717) is 11.0 Å². The van der Waals surface area contributed by atoms with Gasteiger partial charge in [0.05, 0.1) is 10.9 Å². The van der Waals surface area contributed by atoms with Gasteiger partial charge in [0, 0.05) is 22.7 Å². The number of pyridine rings is 2. The summed E-state index contributed by atoms with van der Waals surface area (Å²) in [6.07, 6.45) is 4.79. The molecule has 22 heavy (non-hydrogen) atoms. The minimum atomic E-state index is -0.224. The Labute approximate surface area is 141 Å². The monoisotopic (exact) mass is 383 g/mol. The number of nitrogens with zero attached hydrogens (tertiary/aromatic N) is 2. The van der Waals surface area contributed by atoms with Gasteiger partial charge in [-0.25, -0.2) is 4.98 Å². The maximum absolute atomic E-state index is 11.2. The molecular weight excluding hydrogens is 370 g/mol. The molecule has 0 unspecified atom stereocenters. The number of carbonyl (C=O) groups is 1. The van der Waals surface area contributed by atoms with Crippen molar-refractivity contribution in [2.45, 2.75) is 31.8 Å². The molecule has 0 atom stereocenters. The van der Waals surface area contributed by atoms with Crippen molar-refractivity contribution in [1.82, 2.24) is 9.97 Å². The number of aromatic nitrogens is 2. The van der Waals surface area contributed by atoms with Crippen molar-refractivity contribution in [1.29, 1.82) is 0 Å². The average Bonchev–Trinajstić information content (AvgIpc) is 2.48. The van der Waals surface area contributed by atoms with Gasteiger partial charge in [0.25, 0.3) is 0 Å². The number of primary amides is 1. The van der Waals surface area contributed by atoms with Crippen LogP contribution in [-0.4, -0.2) is 22.0 Å². The zero-order valence-electron chi connectivity index (χ0n) is 11.8. The molecule has 2 aromatic heterocycles. The number of carbonyl (C=O) groups excluding carboxylic acids is 1. The number of rotatable bonds is 3. The molecule has 1 fully saturated rings. The Kier molecular flexibility index (Phi) is 4.49. The molecular formula is C15H15BrClN3O2. The highest BCUT2D eigenvalue weighted by atomic mass is 79.9. The van der Waals surface area contributed by atoms with E-state index >= 15 is 0 Å². The van der Waals surface area contributed by atoms with E-state index in [4.69, 9.17) is 22.1 Å². The Balaban J connectivity index is 1.82. The lowest BCUT2D eigenvalue weighted by Gasteiger charge is -2.27. The molecule has 1 amide bonds. The summed E-state index contributed by atoms with van der Waals surface area (Å²) in [7, 11) is 0. The number of hydrogen-bond acceptors (Lipinski definition) is 4. The number of hydrogen-bond donors (Lipinski definition) is 1. The average molecular weight is 385 g/mol. The van der Waals surface area contributed by atoms with Crippen molar-refractivity contribution in [3.8, 4) is 5.88 Å². The second kappa shape index (κ2) is 6.38. The van der Waals surface area contributed by atoms with Crippen molar-refractivity contribution in [3.05, 3.63) is 28.0 Å². The van der Waals surface area contributed by atoms with Crippen LogP contribution in [0, 0.1) is 5.92 Å². The van der Waals surface area contributed by atoms with Crippen LogP contribution in [0.2, 0.25) is 5.15 Å². The second-order valence-electron chi connectivity index (χ2n) is 5.46. The van der Waals surface area contributed by atoms with Crippen LogP contribution in [-0.2, 0) is 4.79 Å². The van der Waals surface area contributed by atoms with E-state index in [1.807, 2.05) is 6.07 Å². The van der Waals surface area contributed by atoms with E-state index in [-0.39, 0.29) is 17.9 Å². The molecule has 2 heterocycles. The topological polar surface area (TPSA) is 78.1 Å². The number of fused-ring (bicyclic) bond motifs is 1. The normalized spacial score (nSPS) is 21.7. The van der Waals surface area contributed by atoms with Crippen LogP contribution in [0.25, 0.3) is 10.9 Å². The van der Waals surface area contributed by atoms with E-state index in [2.05, 4.69) is 25.9 Å². The lowest BCUT2D eigenvalue weighted by atomic mass is 9.87. The minimum Gasteiger partial charge on any atom is -0.474 e. The molecule has 7 heteroatoms. The molecule has 0 spiro atoms. The standard InChI is InChI=1S/C15H15BrClN3O2/c16-9-5-11-12(19-7-9)6-13(17)20-15(11)22-10-3-1-8(2-4-10)14(18)21/h5-8,10H,1-4H2,(H2,18,21). The van der Waals surface area contributed by atoms with Crippen molar-refractivity contribution in [3.63, 3.8) is 0 Å². The molecule has 0 bridgehead atoms. The summed E-state index contributed by atoms with van der Waals surface area (Å²) in [5, 5.41) is 1.17. The molecule has 0 aromatic carbocycles. The van der Waals surface area contributed by atoms with Gasteiger partial charge < -0.3 is 10.5 Å². The van der Waals surface area contributed by atoms with Crippen LogP contribution in [0.4, 0.5) is 0 Å². The Hall–Kier alpha value is -1.40. The highest BCUT2D eigenvalue weighted by molar-refractivity contribution is 9.10. The summed E-state index contributed by atoms with van der Waals surface area (Å²) >= 11 is 9.45. The summed E-state index contributed by atoms with van der Waals surface area (Å²) in [5.41, 5.74) is 6.09. The highest BCUT2D eigenvalue weighted by Crippen LogP contribution is 2.32. The predicted molar refractivity (Wildman–Crippen MR) is 87.8 cm³/mol. The third kappa shape index (κ3) is 3.33. The summed E-state index contributed by atoms with van der Waals surface area (Å²) in [6, 6.07) is 3.62. The van der Waals surface area contributed by atoms with E-state index in [1.165, 1.54) is 0 Å². The van der Waals surface area contributed by atoms with E-state index in [0.717, 1.165) is 41.1 Å². The van der Waals surface area contributed by atoms with Crippen LogP contribution < -0.4 is 10.5 Å². The van der Waals surface area contributed by atoms with Gasteiger partial charge in [-0.2, -0.15) is 0 Å². The lowest BCUT2D eigenvalue weighted by molar-refractivity contribution is -0.123. The minimum absolute atomic E-state index is 0.0174. The van der Waals surface area contributed by atoms with Crippen LogP contribution >= 0.6 is 27.5 Å². The highest BCUT2D eigenvalue weighted by Gasteiger charge is 2.26. The fraction of sp³-hybridized carbons (Fsp3) is 0.400. The first kappa shape index (κ1) is 15.5. The molecule has 1 saturated carbocycles. The van der Waals surface area contributed by atoms with Crippen LogP contribution in [0.1, 0.15) is 25.7 Å². The summed E-state index contributed by atoms with van der Waals surface area (Å²) < 4.78 is 6.88. The molecule has 0 radical (unpaired) electrons. The maximum atomic E-state index is 11.2. The Morgan fingerprint density at radius 3 is 2.73 bits per heavy atom. The van der Waals surface area contributed by atoms with Gasteiger partial charge in [-0.1, -0.05) is 11.6 Å². The molecule has 3 rings (SSSR count). The first-order valence-electron chi connectivity index (χ1n) is 7.10. The van der Waals surface area contributed by atoms with E-state index in [9.17, 15) is 4.79 Å². The predicted octanol–water partition coefficient (Wildman–Crippen LogP) is 3.47. The second-order valence-corrected chi connectivity index (χ2v) is 6.77. The number of ether oxygens (including phenoxy) is 1. The van der Waals surface area contributed by atoms with Gasteiger partial charge in [-0.05, 0) is 47.7 Å². The number of halogens is 2. The number of amides is 1. The van der Waals surface area contributed by atoms with Crippen molar-refractivity contribution in [2.24, 2.45) is 11.7 Å². The third-order valence-corrected chi connectivity index (χ3v) is 4.56. The van der Waals surface area contributed by atoms with Gasteiger partial charge in [-0.15, -0.1) is 0 Å². The largest absolute Gasteiger partial charge is 0.474 e. The molecule has 0 saturated heterocycles. The summed E-state index contributed by atoms with van der Waals surface area (Å²) in [4.78, 5) is 19.8. The quantitative estimate of drug-likeness (QED) is 0.822. The Morgan fingerprint density at radius 2 is 2.05 bits per heavy atom. The van der Waals surface area contributed by atoms with Crippen molar-refractivity contribution in [2.75, 3.05) is 0 Å². The molecule has 116 valence electrons. The molecule has 2 aromatic rings. The van der Waals surface area contributed by atoms with Crippen molar-refractivity contribution >= 4 is 44.3 Å². The van der Waals surface area contributed by atoms with Gasteiger partial charge in [0.15, 0.2) is 0 Å². The van der Waals surface area contributed by atoms with Crippen LogP contribution in [0.3, 0.4) is 0 Å². The smallest absolute Gasteiger partial charge is 0.224 e. The molecule has 1 aliphatic rings. The van der Waals surface area contributed by atoms with E-state index in [1.54, 1.807) is 12.3 Å². The summed E-state index contributed by atoms with van der Waals surface area (Å²) in [6.45, 7) is 0. The van der Waals surface area contributed by atoms with Crippen molar-refractivity contribution < 1.29 is 9.53 Å². The van der Waals surface area contributed by atoms with Gasteiger partial charge in [0.1, 0.15) is 11.3 Å². The lowest BCUT2D eigenvalue weighted by Crippen LogP contribution is -2.31. The Bertz CT molecular complexity index is 717. The molecule has 5 nitrogen and oxygen atoms in total. The van der Waals surface area contributed by atoms with Crippen LogP contribution in [0.15, 0.2) is 22.8 Å². The van der Waals surface area contributed by atoms with Gasteiger partial charge >= 0.3 is 0 Å². The zero-order chi connectivity index (χ0) is 15.7. The fourth-order valence-electron chi connectivity index (χ4n) is 2.75. The third-order valence-electron chi connectivity index (χ3n) is 3.93. The maximum Gasteiger partial charge on any atom is 0.224 e. The van der Waals surface area contributed by atoms with E-state index < -0.39 is 0 Å². The molecule has 0 aliphatic heterocycles. The van der Waals surface area contributed by atoms with Gasteiger partial charge in [-0.3, -0.25) is 9.78 Å². The Morgan fingerprint density at radius 1 is 1.32 bits per heavy atom.